The Balaban J connectivity index is 1.67. The van der Waals surface area contributed by atoms with E-state index in [4.69, 9.17) is 0 Å². The molecule has 4 rings (SSSR count). The number of nitrogens with one attached hydrogen (secondary N) is 1. The summed E-state index contributed by atoms with van der Waals surface area (Å²) < 4.78 is 147. The van der Waals surface area contributed by atoms with E-state index in [9.17, 15) is 63.0 Å². The van der Waals surface area contributed by atoms with Crippen LogP contribution in [0.1, 0.15) is 23.6 Å². The third-order valence-electron chi connectivity index (χ3n) is 7.05. The Morgan fingerprint density at radius 3 is 2.38 bits per heavy atom. The molecule has 2 amide bonds. The van der Waals surface area contributed by atoms with E-state index in [2.05, 4.69) is 14.8 Å². The Kier molecular flexibility index (Phi) is 10.3. The molecule has 2 aromatic rings. The van der Waals surface area contributed by atoms with Gasteiger partial charge in [-0.1, -0.05) is 18.2 Å². The lowest BCUT2D eigenvalue weighted by Crippen LogP contribution is -2.46. The number of halogens is 9. The van der Waals surface area contributed by atoms with E-state index in [0.717, 1.165) is 30.3 Å². The quantitative estimate of drug-likeness (QED) is 0.230. The van der Waals surface area contributed by atoms with Crippen LogP contribution in [-0.2, 0) is 25.5 Å². The Labute approximate surface area is 261 Å². The monoisotopic (exact) mass is 707 g/mol. The minimum absolute atomic E-state index is 0.0338. The van der Waals surface area contributed by atoms with E-state index in [1.165, 1.54) is 17.0 Å². The molecule has 20 heteroatoms. The summed E-state index contributed by atoms with van der Waals surface area (Å²) in [4.78, 5) is 38.4. The van der Waals surface area contributed by atoms with Crippen molar-refractivity contribution in [1.29, 1.82) is 0 Å². The molecule has 2 atom stereocenters. The van der Waals surface area contributed by atoms with Gasteiger partial charge >= 0.3 is 24.7 Å². The first-order chi connectivity index (χ1) is 21.6. The normalized spacial score (nSPS) is 19.7. The number of anilines is 1. The van der Waals surface area contributed by atoms with Crippen molar-refractivity contribution in [3.8, 4) is 5.75 Å². The molecule has 0 bridgehead atoms. The Bertz CT molecular complexity index is 1500. The maximum Gasteiger partial charge on any atom is 0.573 e. The Hall–Kier alpha value is -3.75. The highest BCUT2D eigenvalue weighted by Gasteiger charge is 2.44. The van der Waals surface area contributed by atoms with Crippen molar-refractivity contribution in [3.05, 3.63) is 53.6 Å². The van der Waals surface area contributed by atoms with Gasteiger partial charge in [0.05, 0.1) is 23.0 Å². The molecule has 10 nitrogen and oxygen atoms in total. The van der Waals surface area contributed by atoms with Crippen LogP contribution in [0.4, 0.5) is 45.2 Å². The number of carbonyl (C=O) groups excluding carboxylic acids is 3. The number of hydrogen-bond donors (Lipinski definition) is 3. The molecule has 47 heavy (non-hydrogen) atoms. The van der Waals surface area contributed by atoms with Crippen molar-refractivity contribution in [2.24, 2.45) is 0 Å². The predicted octanol–water partition coefficient (Wildman–Crippen LogP) is 5.50. The van der Waals surface area contributed by atoms with E-state index in [1.54, 1.807) is 0 Å². The van der Waals surface area contributed by atoms with Crippen molar-refractivity contribution in [1.82, 2.24) is 9.80 Å². The summed E-state index contributed by atoms with van der Waals surface area (Å²) in [6.45, 7) is -2.92. The number of fused-ring (bicyclic) bond motifs is 1. The number of esters is 1. The molecular formula is C27H26F9N3O7S. The highest BCUT2D eigenvalue weighted by atomic mass is 32.3. The molecule has 3 N–H and O–H groups in total. The van der Waals surface area contributed by atoms with Crippen LogP contribution in [0.2, 0.25) is 0 Å². The maximum absolute atomic E-state index is 13.9. The largest absolute Gasteiger partial charge is 0.573 e. The Morgan fingerprint density at radius 2 is 1.74 bits per heavy atom. The number of alkyl halides is 9. The third-order valence-corrected chi connectivity index (χ3v) is 8.77. The summed E-state index contributed by atoms with van der Waals surface area (Å²) in [5.74, 6) is -5.87. The molecule has 0 saturated carbocycles. The van der Waals surface area contributed by atoms with Gasteiger partial charge in [-0.05, 0) is 41.8 Å². The molecule has 0 aliphatic carbocycles. The molecular weight excluding hydrogens is 681 g/mol. The summed E-state index contributed by atoms with van der Waals surface area (Å²) in [6.07, 6.45) is -17.7. The van der Waals surface area contributed by atoms with Gasteiger partial charge in [-0.2, -0.15) is 36.9 Å². The second-order valence-electron chi connectivity index (χ2n) is 10.7. The van der Waals surface area contributed by atoms with Gasteiger partial charge in [-0.3, -0.25) is 23.6 Å². The molecule has 260 valence electrons. The number of amides is 2. The zero-order valence-electron chi connectivity index (χ0n) is 23.8. The summed E-state index contributed by atoms with van der Waals surface area (Å²) >= 11 is 0. The fourth-order valence-electron chi connectivity index (χ4n) is 5.18. The fraction of sp³-hybridized carbons (Fsp3) is 0.444. The van der Waals surface area contributed by atoms with Crippen LogP contribution in [0.5, 0.6) is 5.75 Å². The molecule has 1 saturated heterocycles. The highest BCUT2D eigenvalue weighted by molar-refractivity contribution is 8.25. The zero-order chi connectivity index (χ0) is 34.9. The van der Waals surface area contributed by atoms with Crippen molar-refractivity contribution < 1.29 is 72.5 Å². The first-order valence-electron chi connectivity index (χ1n) is 13.5. The van der Waals surface area contributed by atoms with Crippen LogP contribution in [0.15, 0.2) is 47.4 Å². The van der Waals surface area contributed by atoms with Crippen LogP contribution < -0.4 is 10.1 Å². The number of hydrogen-bond acceptors (Lipinski definition) is 8. The first kappa shape index (κ1) is 36.1. The lowest BCUT2D eigenvalue weighted by Gasteiger charge is -2.37. The minimum atomic E-state index is -5.30. The number of ether oxygens (including phenoxy) is 2. The van der Waals surface area contributed by atoms with Crippen LogP contribution in [-0.4, -0.2) is 93.4 Å². The van der Waals surface area contributed by atoms with Crippen molar-refractivity contribution >= 4 is 34.1 Å². The summed E-state index contributed by atoms with van der Waals surface area (Å²) in [7, 11) is -3.52. The Morgan fingerprint density at radius 1 is 1.04 bits per heavy atom. The van der Waals surface area contributed by atoms with E-state index in [1.807, 2.05) is 0 Å². The maximum atomic E-state index is 13.9. The molecule has 1 fully saturated rings. The van der Waals surface area contributed by atoms with Gasteiger partial charge in [0.1, 0.15) is 24.2 Å². The van der Waals surface area contributed by atoms with E-state index in [-0.39, 0.29) is 41.2 Å². The van der Waals surface area contributed by atoms with E-state index in [0.29, 0.717) is 4.90 Å². The summed E-state index contributed by atoms with van der Waals surface area (Å²) in [5, 5.41) is 2.38. The smallest absolute Gasteiger partial charge is 0.454 e. The van der Waals surface area contributed by atoms with Gasteiger partial charge in [-0.15, -0.1) is 13.2 Å². The van der Waals surface area contributed by atoms with Gasteiger partial charge in [-0.25, -0.2) is 4.79 Å². The SMILES string of the molecule is O=C1CS(O)(O)c2ccc(CC(=O)N(CC(F)(F)F)[C@H](CN3CC[C@H](OC(=O)C(F)(F)F)C3)c3cccc(OC(F)(F)F)c3)cc2N1. The molecule has 0 aromatic heterocycles. The summed E-state index contributed by atoms with van der Waals surface area (Å²) in [5.41, 5.74) is -0.294. The number of rotatable bonds is 9. The highest BCUT2D eigenvalue weighted by Crippen LogP contribution is 2.53. The molecule has 0 unspecified atom stereocenters. The van der Waals surface area contributed by atoms with Crippen molar-refractivity contribution in [3.63, 3.8) is 0 Å². The lowest BCUT2D eigenvalue weighted by molar-refractivity contribution is -0.274. The molecule has 2 heterocycles. The molecule has 0 spiro atoms. The standard InChI is InChI=1S/C27H26F9N3O7S/c28-25(29,30)14-39(23(41)9-15-4-5-21-19(8-15)37-22(40)13-47(21,43)44)20(16-2-1-3-17(10-16)46-27(34,35)36)12-38-7-6-18(11-38)45-24(42)26(31,32)33/h1-5,8,10,18,20,43-44H,6-7,9,11-14H2,(H,37,40)/t18-,20+/m0/s1. The average molecular weight is 708 g/mol. The van der Waals surface area contributed by atoms with Crippen LogP contribution in [0.3, 0.4) is 0 Å². The second-order valence-corrected chi connectivity index (χ2v) is 12.8. The number of nitrogens with zero attached hydrogens (tertiary/aromatic N) is 2. The van der Waals surface area contributed by atoms with Crippen molar-refractivity contribution in [2.45, 2.75) is 48.6 Å². The van der Waals surface area contributed by atoms with Gasteiger partial charge < -0.3 is 19.7 Å². The van der Waals surface area contributed by atoms with E-state index >= 15 is 0 Å². The first-order valence-corrected chi connectivity index (χ1v) is 15.2. The van der Waals surface area contributed by atoms with E-state index < -0.39 is 90.2 Å². The van der Waals surface area contributed by atoms with Crippen LogP contribution in [0.25, 0.3) is 0 Å². The molecule has 2 aromatic carbocycles. The second kappa shape index (κ2) is 13.4. The van der Waals surface area contributed by atoms with Crippen LogP contribution >= 0.6 is 10.6 Å². The lowest BCUT2D eigenvalue weighted by atomic mass is 10.0. The predicted molar refractivity (Wildman–Crippen MR) is 145 cm³/mol. The minimum Gasteiger partial charge on any atom is -0.454 e. The fourth-order valence-corrected chi connectivity index (χ4v) is 6.52. The number of carbonyl (C=O) groups is 3. The number of benzene rings is 2. The van der Waals surface area contributed by atoms with Gasteiger partial charge in [0.25, 0.3) is 0 Å². The average Bonchev–Trinajstić information content (AvgIpc) is 3.34. The van der Waals surface area contributed by atoms with Crippen molar-refractivity contribution in [2.75, 3.05) is 37.2 Å². The van der Waals surface area contributed by atoms with Crippen LogP contribution in [0, 0.1) is 0 Å². The topological polar surface area (TPSA) is 129 Å². The van der Waals surface area contributed by atoms with Gasteiger partial charge in [0.2, 0.25) is 11.8 Å². The summed E-state index contributed by atoms with van der Waals surface area (Å²) in [6, 6.07) is 5.75. The molecule has 2 aliphatic rings. The number of likely N-dealkylation sites (tertiary alicyclic amines) is 1. The van der Waals surface area contributed by atoms with Gasteiger partial charge in [0, 0.05) is 19.6 Å². The molecule has 2 aliphatic heterocycles. The third kappa shape index (κ3) is 9.88. The molecule has 0 radical (unpaired) electrons. The zero-order valence-corrected chi connectivity index (χ0v) is 24.6. The van der Waals surface area contributed by atoms with Gasteiger partial charge in [0.15, 0.2) is 0 Å².